The Morgan fingerprint density at radius 2 is 2.00 bits per heavy atom. The van der Waals surface area contributed by atoms with Gasteiger partial charge >= 0.3 is 5.97 Å². The topological polar surface area (TPSA) is 87.6 Å². The van der Waals surface area contributed by atoms with Gasteiger partial charge in [-0.15, -0.1) is 11.3 Å². The van der Waals surface area contributed by atoms with Crippen molar-refractivity contribution in [3.05, 3.63) is 45.4 Å². The zero-order valence-electron chi connectivity index (χ0n) is 10.3. The van der Waals surface area contributed by atoms with E-state index in [0.717, 1.165) is 16.2 Å². The van der Waals surface area contributed by atoms with Gasteiger partial charge in [-0.2, -0.15) is 0 Å². The number of aryl methyl sites for hydroxylation is 1. The number of carboxylic acid groups (broad SMARTS) is 1. The lowest BCUT2D eigenvalue weighted by Gasteiger charge is -2.14. The molecule has 0 aromatic carbocycles. The second-order valence-corrected chi connectivity index (χ2v) is 5.15. The Hall–Kier alpha value is -2.54. The van der Waals surface area contributed by atoms with Crippen LogP contribution >= 0.6 is 11.3 Å². The van der Waals surface area contributed by atoms with Crippen molar-refractivity contribution < 1.29 is 19.5 Å². The van der Waals surface area contributed by atoms with Crippen LogP contribution in [0.2, 0.25) is 0 Å². The molecule has 2 amide bonds. The summed E-state index contributed by atoms with van der Waals surface area (Å²) in [6.45, 7) is 1.67. The number of aromatic carboxylic acids is 1. The van der Waals surface area contributed by atoms with Crippen LogP contribution in [0, 0.1) is 6.92 Å². The van der Waals surface area contributed by atoms with Gasteiger partial charge < -0.3 is 5.11 Å². The summed E-state index contributed by atoms with van der Waals surface area (Å²) in [6.07, 6.45) is 2.74. The Kier molecular flexibility index (Phi) is 2.65. The van der Waals surface area contributed by atoms with E-state index in [9.17, 15) is 19.5 Å². The number of thiophene rings is 1. The molecule has 2 aromatic rings. The molecule has 1 aliphatic rings. The van der Waals surface area contributed by atoms with Gasteiger partial charge in [0.25, 0.3) is 11.8 Å². The zero-order valence-corrected chi connectivity index (χ0v) is 11.1. The minimum Gasteiger partial charge on any atom is -0.477 e. The van der Waals surface area contributed by atoms with Crippen molar-refractivity contribution in [3.63, 3.8) is 0 Å². The third-order valence-corrected chi connectivity index (χ3v) is 4.12. The van der Waals surface area contributed by atoms with E-state index >= 15 is 0 Å². The van der Waals surface area contributed by atoms with Crippen LogP contribution in [0.4, 0.5) is 5.69 Å². The molecule has 0 unspecified atom stereocenters. The average molecular weight is 288 g/mol. The monoisotopic (exact) mass is 288 g/mol. The van der Waals surface area contributed by atoms with Gasteiger partial charge in [0.15, 0.2) is 0 Å². The molecule has 3 rings (SSSR count). The Labute approximate surface area is 117 Å². The van der Waals surface area contributed by atoms with Crippen LogP contribution in [0.25, 0.3) is 0 Å². The number of pyridine rings is 1. The summed E-state index contributed by atoms with van der Waals surface area (Å²) in [5.74, 6) is -2.22. The van der Waals surface area contributed by atoms with Crippen molar-refractivity contribution >= 4 is 34.8 Å². The van der Waals surface area contributed by atoms with Crippen molar-refractivity contribution in [3.8, 4) is 0 Å². The molecule has 2 aromatic heterocycles. The standard InChI is InChI=1S/C13H8N2O4S/c1-6-5-20-10(13(18)19)9(6)15-11(16)7-2-3-14-4-8(7)12(15)17/h2-5H,1H3,(H,18,19). The van der Waals surface area contributed by atoms with E-state index in [4.69, 9.17) is 0 Å². The minimum absolute atomic E-state index is 0.0232. The van der Waals surface area contributed by atoms with Crippen LogP contribution < -0.4 is 4.90 Å². The molecule has 1 aliphatic heterocycles. The van der Waals surface area contributed by atoms with Gasteiger partial charge in [0.2, 0.25) is 0 Å². The number of hydrogen-bond acceptors (Lipinski definition) is 5. The van der Waals surface area contributed by atoms with Gasteiger partial charge in [0.1, 0.15) is 4.88 Å². The lowest BCUT2D eigenvalue weighted by Crippen LogP contribution is -2.30. The predicted molar refractivity (Wildman–Crippen MR) is 71.4 cm³/mol. The maximum absolute atomic E-state index is 12.3. The molecule has 100 valence electrons. The number of fused-ring (bicyclic) bond motifs is 1. The lowest BCUT2D eigenvalue weighted by atomic mass is 10.2. The van der Waals surface area contributed by atoms with E-state index in [1.807, 2.05) is 0 Å². The molecule has 0 radical (unpaired) electrons. The van der Waals surface area contributed by atoms with E-state index in [2.05, 4.69) is 4.98 Å². The fourth-order valence-electron chi connectivity index (χ4n) is 2.16. The van der Waals surface area contributed by atoms with Gasteiger partial charge in [-0.1, -0.05) is 0 Å². The number of carboxylic acids is 1. The maximum atomic E-state index is 12.3. The second kappa shape index (κ2) is 4.24. The molecule has 0 bridgehead atoms. The summed E-state index contributed by atoms with van der Waals surface area (Å²) < 4.78 is 0. The van der Waals surface area contributed by atoms with Gasteiger partial charge in [0, 0.05) is 12.4 Å². The number of nitrogens with zero attached hydrogens (tertiary/aromatic N) is 2. The molecule has 0 fully saturated rings. The van der Waals surface area contributed by atoms with Crippen molar-refractivity contribution in [1.82, 2.24) is 4.98 Å². The number of aromatic nitrogens is 1. The third-order valence-electron chi connectivity index (χ3n) is 3.05. The average Bonchev–Trinajstić information content (AvgIpc) is 2.91. The summed E-state index contributed by atoms with van der Waals surface area (Å²) in [6, 6.07) is 1.46. The molecule has 20 heavy (non-hydrogen) atoms. The number of carbonyl (C=O) groups is 3. The first-order valence-electron chi connectivity index (χ1n) is 5.66. The number of hydrogen-bond donors (Lipinski definition) is 1. The Bertz CT molecular complexity index is 730. The molecule has 0 saturated carbocycles. The normalized spacial score (nSPS) is 13.8. The molecular formula is C13H8N2O4S. The van der Waals surface area contributed by atoms with Gasteiger partial charge in [-0.25, -0.2) is 9.69 Å². The summed E-state index contributed by atoms with van der Waals surface area (Å²) in [4.78, 5) is 40.6. The van der Waals surface area contributed by atoms with Crippen LogP contribution in [0.3, 0.4) is 0 Å². The predicted octanol–water partition coefficient (Wildman–Crippen LogP) is 1.95. The number of imide groups is 1. The van der Waals surface area contributed by atoms with Gasteiger partial charge in [0.05, 0.1) is 16.8 Å². The molecule has 1 N–H and O–H groups in total. The smallest absolute Gasteiger partial charge is 0.348 e. The maximum Gasteiger partial charge on any atom is 0.348 e. The van der Waals surface area contributed by atoms with E-state index in [-0.39, 0.29) is 21.7 Å². The minimum atomic E-state index is -1.16. The molecule has 6 nitrogen and oxygen atoms in total. The number of amides is 2. The van der Waals surface area contributed by atoms with Crippen LogP contribution in [0.5, 0.6) is 0 Å². The van der Waals surface area contributed by atoms with Crippen molar-refractivity contribution in [2.75, 3.05) is 4.90 Å². The van der Waals surface area contributed by atoms with Crippen molar-refractivity contribution in [1.29, 1.82) is 0 Å². The molecule has 0 aliphatic carbocycles. The summed E-state index contributed by atoms with van der Waals surface area (Å²) in [5, 5.41) is 10.8. The summed E-state index contributed by atoms with van der Waals surface area (Å²) >= 11 is 0.993. The highest BCUT2D eigenvalue weighted by Crippen LogP contribution is 2.36. The van der Waals surface area contributed by atoms with Crippen LogP contribution in [-0.4, -0.2) is 27.9 Å². The SMILES string of the molecule is Cc1csc(C(=O)O)c1N1C(=O)c2ccncc2C1=O. The van der Waals surface area contributed by atoms with Crippen LogP contribution in [0.15, 0.2) is 23.8 Å². The summed E-state index contributed by atoms with van der Waals surface area (Å²) in [7, 11) is 0. The van der Waals surface area contributed by atoms with E-state index in [0.29, 0.717) is 5.56 Å². The fraction of sp³-hybridized carbons (Fsp3) is 0.0769. The van der Waals surface area contributed by atoms with Crippen LogP contribution in [0.1, 0.15) is 36.0 Å². The molecule has 0 spiro atoms. The Balaban J connectivity index is 2.19. The first-order valence-corrected chi connectivity index (χ1v) is 6.54. The molecule has 0 saturated heterocycles. The summed E-state index contributed by atoms with van der Waals surface area (Å²) in [5.41, 5.74) is 1.16. The number of rotatable bonds is 2. The van der Waals surface area contributed by atoms with Gasteiger partial charge in [-0.05, 0) is 23.9 Å². The van der Waals surface area contributed by atoms with Crippen LogP contribution in [-0.2, 0) is 0 Å². The highest BCUT2D eigenvalue weighted by molar-refractivity contribution is 7.12. The fourth-order valence-corrected chi connectivity index (χ4v) is 3.03. The molecule has 3 heterocycles. The van der Waals surface area contributed by atoms with Crippen molar-refractivity contribution in [2.24, 2.45) is 0 Å². The second-order valence-electron chi connectivity index (χ2n) is 4.27. The molecule has 7 heteroatoms. The van der Waals surface area contributed by atoms with E-state index in [1.54, 1.807) is 12.3 Å². The Morgan fingerprint density at radius 3 is 2.65 bits per heavy atom. The number of anilines is 1. The third kappa shape index (κ3) is 1.56. The molecule has 0 atom stereocenters. The zero-order chi connectivity index (χ0) is 14.4. The number of carbonyl (C=O) groups excluding carboxylic acids is 2. The van der Waals surface area contributed by atoms with Gasteiger partial charge in [-0.3, -0.25) is 14.6 Å². The molecular weight excluding hydrogens is 280 g/mol. The largest absolute Gasteiger partial charge is 0.477 e. The first kappa shape index (κ1) is 12.5. The lowest BCUT2D eigenvalue weighted by molar-refractivity contribution is 0.0703. The first-order chi connectivity index (χ1) is 9.52. The quantitative estimate of drug-likeness (QED) is 0.853. The highest BCUT2D eigenvalue weighted by atomic mass is 32.1. The van der Waals surface area contributed by atoms with E-state index in [1.165, 1.54) is 18.5 Å². The highest BCUT2D eigenvalue weighted by Gasteiger charge is 2.39. The Morgan fingerprint density at radius 1 is 1.30 bits per heavy atom. The van der Waals surface area contributed by atoms with E-state index < -0.39 is 17.8 Å². The van der Waals surface area contributed by atoms with Crippen molar-refractivity contribution in [2.45, 2.75) is 6.92 Å².